The third-order valence-corrected chi connectivity index (χ3v) is 7.38. The van der Waals surface area contributed by atoms with E-state index in [1.165, 1.54) is 30.7 Å². The van der Waals surface area contributed by atoms with Crippen molar-refractivity contribution in [3.63, 3.8) is 0 Å². The lowest BCUT2D eigenvalue weighted by Gasteiger charge is -2.46. The molecular weight excluding hydrogens is 330 g/mol. The van der Waals surface area contributed by atoms with Crippen LogP contribution >= 0.6 is 0 Å². The van der Waals surface area contributed by atoms with Crippen LogP contribution in [-0.4, -0.2) is 23.6 Å². The van der Waals surface area contributed by atoms with Gasteiger partial charge in [0, 0.05) is 36.0 Å². The Morgan fingerprint density at radius 3 is 2.85 bits per heavy atom. The summed E-state index contributed by atoms with van der Waals surface area (Å²) in [4.78, 5) is 2.73. The summed E-state index contributed by atoms with van der Waals surface area (Å²) < 4.78 is 6.23. The Balaban J connectivity index is 1.44. The summed E-state index contributed by atoms with van der Waals surface area (Å²) >= 11 is 0. The first-order chi connectivity index (χ1) is 13.2. The minimum absolute atomic E-state index is 0.235. The molecule has 0 aromatic rings. The van der Waals surface area contributed by atoms with Crippen molar-refractivity contribution < 1.29 is 4.74 Å². The van der Waals surface area contributed by atoms with E-state index in [4.69, 9.17) is 4.74 Å². The summed E-state index contributed by atoms with van der Waals surface area (Å²) in [6.45, 7) is 5.83. The lowest BCUT2D eigenvalue weighted by atomic mass is 9.71. The van der Waals surface area contributed by atoms with Gasteiger partial charge in [-0.2, -0.15) is 0 Å². The Morgan fingerprint density at radius 2 is 1.93 bits per heavy atom. The van der Waals surface area contributed by atoms with Crippen LogP contribution in [0, 0.1) is 23.7 Å². The predicted octanol–water partition coefficient (Wildman–Crippen LogP) is 5.54. The molecule has 0 radical (unpaired) electrons. The fourth-order valence-electron chi connectivity index (χ4n) is 6.06. The van der Waals surface area contributed by atoms with Crippen molar-refractivity contribution in [1.82, 2.24) is 4.90 Å². The fourth-order valence-corrected chi connectivity index (χ4v) is 6.06. The Morgan fingerprint density at radius 1 is 1.04 bits per heavy atom. The van der Waals surface area contributed by atoms with Crippen molar-refractivity contribution >= 4 is 0 Å². The summed E-state index contributed by atoms with van der Waals surface area (Å²) in [6.07, 6.45) is 25.9. The number of fused-ring (bicyclic) bond motifs is 4. The largest absolute Gasteiger partial charge is 0.490 e. The van der Waals surface area contributed by atoms with E-state index < -0.39 is 0 Å². The highest BCUT2D eigenvalue weighted by atomic mass is 16.5. The third-order valence-electron chi connectivity index (χ3n) is 7.38. The van der Waals surface area contributed by atoms with Crippen LogP contribution in [0.15, 0.2) is 71.7 Å². The van der Waals surface area contributed by atoms with E-state index in [0.717, 1.165) is 18.9 Å². The van der Waals surface area contributed by atoms with Crippen LogP contribution in [0.5, 0.6) is 0 Å². The van der Waals surface area contributed by atoms with Gasteiger partial charge >= 0.3 is 0 Å². The molecule has 2 nitrogen and oxygen atoms in total. The first-order valence-electron chi connectivity index (χ1n) is 10.7. The number of allylic oxidation sites excluding steroid dienone is 8. The second-order valence-electron chi connectivity index (χ2n) is 8.96. The predicted molar refractivity (Wildman–Crippen MR) is 111 cm³/mol. The minimum Gasteiger partial charge on any atom is -0.490 e. The summed E-state index contributed by atoms with van der Waals surface area (Å²) in [7, 11) is 0. The SMILES string of the molecule is C/C1=C\C=C/CN(C2=CC=C3OC4C=CC=CC4C3C2)C2CCCC(C)C12. The Labute approximate surface area is 163 Å². The van der Waals surface area contributed by atoms with Crippen LogP contribution in [0.2, 0.25) is 0 Å². The Kier molecular flexibility index (Phi) is 4.38. The number of ether oxygens (including phenoxy) is 1. The van der Waals surface area contributed by atoms with Crippen LogP contribution in [0.25, 0.3) is 0 Å². The molecule has 0 spiro atoms. The van der Waals surface area contributed by atoms with Crippen molar-refractivity contribution in [2.75, 3.05) is 6.54 Å². The smallest absolute Gasteiger partial charge is 0.124 e. The van der Waals surface area contributed by atoms with Crippen molar-refractivity contribution in [2.45, 2.75) is 51.7 Å². The molecule has 2 aliphatic heterocycles. The maximum absolute atomic E-state index is 6.23. The average molecular weight is 362 g/mol. The zero-order valence-electron chi connectivity index (χ0n) is 16.6. The topological polar surface area (TPSA) is 12.5 Å². The van der Waals surface area contributed by atoms with Gasteiger partial charge < -0.3 is 9.64 Å². The van der Waals surface area contributed by atoms with Crippen molar-refractivity contribution in [3.8, 4) is 0 Å². The highest BCUT2D eigenvalue weighted by molar-refractivity contribution is 5.33. The Bertz CT molecular complexity index is 780. The maximum atomic E-state index is 6.23. The van der Waals surface area contributed by atoms with Crippen LogP contribution in [0.3, 0.4) is 0 Å². The van der Waals surface area contributed by atoms with Gasteiger partial charge in [0.05, 0.1) is 0 Å². The summed E-state index contributed by atoms with van der Waals surface area (Å²) in [6, 6.07) is 0.635. The van der Waals surface area contributed by atoms with Gasteiger partial charge in [0.2, 0.25) is 0 Å². The zero-order chi connectivity index (χ0) is 18.4. The molecule has 1 saturated heterocycles. The lowest BCUT2D eigenvalue weighted by molar-refractivity contribution is 0.121. The van der Waals surface area contributed by atoms with Gasteiger partial charge in [-0.15, -0.1) is 0 Å². The molecule has 0 aromatic heterocycles. The van der Waals surface area contributed by atoms with E-state index in [1.54, 1.807) is 5.57 Å². The van der Waals surface area contributed by atoms with Gasteiger partial charge in [0.1, 0.15) is 11.9 Å². The summed E-state index contributed by atoms with van der Waals surface area (Å²) in [5.74, 6) is 3.65. The molecule has 6 unspecified atom stereocenters. The summed E-state index contributed by atoms with van der Waals surface area (Å²) in [5, 5.41) is 0. The van der Waals surface area contributed by atoms with E-state index in [-0.39, 0.29) is 6.10 Å². The molecule has 0 aromatic carbocycles. The molecule has 0 amide bonds. The first kappa shape index (κ1) is 17.2. The first-order valence-corrected chi connectivity index (χ1v) is 10.7. The van der Waals surface area contributed by atoms with Gasteiger partial charge in [-0.25, -0.2) is 0 Å². The van der Waals surface area contributed by atoms with Gasteiger partial charge in [0.25, 0.3) is 0 Å². The molecule has 6 atom stereocenters. The number of rotatable bonds is 1. The van der Waals surface area contributed by atoms with E-state index in [9.17, 15) is 0 Å². The second kappa shape index (κ2) is 6.89. The molecule has 2 heterocycles. The number of hydrogen-bond acceptors (Lipinski definition) is 2. The van der Waals surface area contributed by atoms with E-state index in [2.05, 4.69) is 73.4 Å². The lowest BCUT2D eigenvalue weighted by Crippen LogP contribution is -2.46. The van der Waals surface area contributed by atoms with Crippen molar-refractivity contribution in [3.05, 3.63) is 71.7 Å². The molecule has 0 bridgehead atoms. The number of hydrogen-bond donors (Lipinski definition) is 0. The van der Waals surface area contributed by atoms with Gasteiger partial charge in [0.15, 0.2) is 0 Å². The van der Waals surface area contributed by atoms with E-state index >= 15 is 0 Å². The standard InChI is InChI=1S/C25H31NO/c1-17-8-5-6-15-26(22-11-7-9-18(2)25(17)22)19-13-14-24-21(16-19)20-10-3-4-12-23(20)27-24/h3-6,8,10,12-14,18,20-23,25H,7,9,11,15-16H2,1-2H3/b6-5-,17-8+. The second-order valence-corrected chi connectivity index (χ2v) is 8.96. The molecule has 5 aliphatic rings. The highest BCUT2D eigenvalue weighted by Crippen LogP contribution is 2.46. The molecule has 27 heavy (non-hydrogen) atoms. The fraction of sp³-hybridized carbons (Fsp3) is 0.520. The maximum Gasteiger partial charge on any atom is 0.124 e. The molecule has 142 valence electrons. The van der Waals surface area contributed by atoms with Crippen molar-refractivity contribution in [1.29, 1.82) is 0 Å². The molecule has 2 fully saturated rings. The molecule has 2 heteroatoms. The molecule has 5 rings (SSSR count). The minimum atomic E-state index is 0.235. The van der Waals surface area contributed by atoms with E-state index in [0.29, 0.717) is 23.8 Å². The monoisotopic (exact) mass is 361 g/mol. The van der Waals surface area contributed by atoms with Gasteiger partial charge in [-0.3, -0.25) is 0 Å². The van der Waals surface area contributed by atoms with Crippen LogP contribution in [0.1, 0.15) is 39.5 Å². The van der Waals surface area contributed by atoms with Crippen LogP contribution in [-0.2, 0) is 4.74 Å². The molecule has 1 saturated carbocycles. The Hall–Kier alpha value is -1.96. The molecule has 0 N–H and O–H groups in total. The third kappa shape index (κ3) is 2.94. The normalized spacial score (nSPS) is 43.0. The van der Waals surface area contributed by atoms with Gasteiger partial charge in [-0.1, -0.05) is 55.4 Å². The zero-order valence-corrected chi connectivity index (χ0v) is 16.6. The molecular formula is C25H31NO. The molecule has 3 aliphatic carbocycles. The summed E-state index contributed by atoms with van der Waals surface area (Å²) in [5.41, 5.74) is 3.07. The van der Waals surface area contributed by atoms with Crippen LogP contribution < -0.4 is 0 Å². The van der Waals surface area contributed by atoms with Gasteiger partial charge in [-0.05, 0) is 50.3 Å². The van der Waals surface area contributed by atoms with E-state index in [1.807, 2.05) is 0 Å². The average Bonchev–Trinajstić information content (AvgIpc) is 3.04. The van der Waals surface area contributed by atoms with Crippen LogP contribution in [0.4, 0.5) is 0 Å². The highest BCUT2D eigenvalue weighted by Gasteiger charge is 2.43. The van der Waals surface area contributed by atoms with Crippen molar-refractivity contribution in [2.24, 2.45) is 23.7 Å². The quantitative estimate of drug-likeness (QED) is 0.608. The number of nitrogens with zero attached hydrogens (tertiary/aromatic N) is 1.